The number of aromatic nitrogens is 4. The predicted octanol–water partition coefficient (Wildman–Crippen LogP) is 7.58. The number of hydrogen-bond acceptors (Lipinski definition) is 6. The minimum atomic E-state index is -0.177. The number of hydrogen-bond donors (Lipinski definition) is 0. The highest BCUT2D eigenvalue weighted by Gasteiger charge is 2.34. The molecule has 0 saturated carbocycles. The van der Waals surface area contributed by atoms with E-state index in [-0.39, 0.29) is 12.5 Å². The molecule has 2 aromatic heterocycles. The maximum absolute atomic E-state index is 6.44. The molecule has 0 aliphatic carbocycles. The summed E-state index contributed by atoms with van der Waals surface area (Å²) in [5.74, 6) is 3.72. The van der Waals surface area contributed by atoms with Gasteiger partial charge in [0, 0.05) is 11.5 Å². The zero-order chi connectivity index (χ0) is 28.1. The average molecular weight is 543 g/mol. The van der Waals surface area contributed by atoms with Gasteiger partial charge in [0.05, 0.1) is 12.7 Å². The molecule has 0 bridgehead atoms. The van der Waals surface area contributed by atoms with E-state index in [4.69, 9.17) is 24.3 Å². The molecule has 1 aliphatic rings. The van der Waals surface area contributed by atoms with E-state index < -0.39 is 0 Å². The lowest BCUT2D eigenvalue weighted by Crippen LogP contribution is -2.15. The van der Waals surface area contributed by atoms with Gasteiger partial charge in [0.25, 0.3) is 0 Å². The van der Waals surface area contributed by atoms with Crippen molar-refractivity contribution in [1.82, 2.24) is 19.6 Å². The summed E-state index contributed by atoms with van der Waals surface area (Å²) in [7, 11) is 1.68. The lowest BCUT2D eigenvalue weighted by Gasteiger charge is -2.29. The van der Waals surface area contributed by atoms with Crippen LogP contribution in [-0.4, -0.2) is 26.7 Å². The fourth-order valence-corrected chi connectivity index (χ4v) is 5.73. The van der Waals surface area contributed by atoms with E-state index in [0.29, 0.717) is 23.3 Å². The summed E-state index contributed by atoms with van der Waals surface area (Å²) in [6.45, 7) is 6.64. The topological polar surface area (TPSA) is 70.8 Å². The number of ether oxygens (including phenoxy) is 3. The van der Waals surface area contributed by atoms with Crippen molar-refractivity contribution >= 4 is 16.4 Å². The minimum Gasteiger partial charge on any atom is -0.497 e. The highest BCUT2D eigenvalue weighted by molar-refractivity contribution is 5.90. The Kier molecular flexibility index (Phi) is 6.07. The molecule has 0 fully saturated rings. The Morgan fingerprint density at radius 3 is 2.59 bits per heavy atom. The minimum absolute atomic E-state index is 0.177. The molecule has 3 heterocycles. The standard InChI is InChI=1S/C34H30N4O3/c1-20(2)25-15-9-21(3)17-28(25)40-18-29-36-33-32-30(23-10-13-24(39-4)14-11-23)31-26-8-6-5-7-22(26)12-16-27(31)41-34(32)35-19-38(33)37-29/h5-17,19-20,30H,18H2,1-4H3/t30-/m1/s1. The monoisotopic (exact) mass is 542 g/mol. The molecule has 0 N–H and O–H groups in total. The largest absolute Gasteiger partial charge is 0.497 e. The molecule has 4 aromatic carbocycles. The Morgan fingerprint density at radius 2 is 1.78 bits per heavy atom. The van der Waals surface area contributed by atoms with Crippen molar-refractivity contribution in [3.8, 4) is 23.1 Å². The number of nitrogens with zero attached hydrogens (tertiary/aromatic N) is 4. The van der Waals surface area contributed by atoms with Crippen LogP contribution >= 0.6 is 0 Å². The normalized spacial score (nSPS) is 14.1. The van der Waals surface area contributed by atoms with Crippen molar-refractivity contribution in [2.45, 2.75) is 39.2 Å². The van der Waals surface area contributed by atoms with Gasteiger partial charge in [-0.15, -0.1) is 5.10 Å². The molecule has 0 amide bonds. The van der Waals surface area contributed by atoms with E-state index >= 15 is 0 Å². The number of fused-ring (bicyclic) bond motifs is 6. The highest BCUT2D eigenvalue weighted by Crippen LogP contribution is 2.50. The van der Waals surface area contributed by atoms with Crippen LogP contribution in [-0.2, 0) is 6.61 Å². The molecule has 7 rings (SSSR count). The van der Waals surface area contributed by atoms with Gasteiger partial charge >= 0.3 is 0 Å². The van der Waals surface area contributed by atoms with Crippen molar-refractivity contribution in [3.63, 3.8) is 0 Å². The summed E-state index contributed by atoms with van der Waals surface area (Å²) >= 11 is 0. The van der Waals surface area contributed by atoms with E-state index in [9.17, 15) is 0 Å². The van der Waals surface area contributed by atoms with Gasteiger partial charge in [0.2, 0.25) is 5.88 Å². The molecular weight excluding hydrogens is 512 g/mol. The van der Waals surface area contributed by atoms with Crippen LogP contribution < -0.4 is 14.2 Å². The maximum atomic E-state index is 6.44. The molecule has 0 radical (unpaired) electrons. The summed E-state index contributed by atoms with van der Waals surface area (Å²) in [5, 5.41) is 7.02. The van der Waals surface area contributed by atoms with Gasteiger partial charge in [0.1, 0.15) is 30.2 Å². The quantitative estimate of drug-likeness (QED) is 0.216. The second-order valence-corrected chi connectivity index (χ2v) is 10.8. The number of aryl methyl sites for hydroxylation is 1. The van der Waals surface area contributed by atoms with Gasteiger partial charge < -0.3 is 14.2 Å². The lowest BCUT2D eigenvalue weighted by molar-refractivity contribution is 0.291. The average Bonchev–Trinajstić information content (AvgIpc) is 3.42. The molecule has 1 aliphatic heterocycles. The second-order valence-electron chi connectivity index (χ2n) is 10.8. The van der Waals surface area contributed by atoms with Crippen molar-refractivity contribution in [2.24, 2.45) is 0 Å². The van der Waals surface area contributed by atoms with Crippen LogP contribution in [0.4, 0.5) is 0 Å². The van der Waals surface area contributed by atoms with Crippen LogP contribution in [0.2, 0.25) is 0 Å². The van der Waals surface area contributed by atoms with Gasteiger partial charge in [0.15, 0.2) is 11.5 Å². The van der Waals surface area contributed by atoms with Crippen molar-refractivity contribution in [2.75, 3.05) is 7.11 Å². The van der Waals surface area contributed by atoms with Gasteiger partial charge in [-0.25, -0.2) is 14.5 Å². The van der Waals surface area contributed by atoms with Crippen LogP contribution in [0.15, 0.2) is 85.2 Å². The Morgan fingerprint density at radius 1 is 0.951 bits per heavy atom. The Bertz CT molecular complexity index is 1910. The molecule has 41 heavy (non-hydrogen) atoms. The molecule has 1 atom stereocenters. The Labute approximate surface area is 238 Å². The second kappa shape index (κ2) is 9.93. The van der Waals surface area contributed by atoms with Crippen LogP contribution in [0.1, 0.15) is 59.3 Å². The third-order valence-corrected chi connectivity index (χ3v) is 7.74. The van der Waals surface area contributed by atoms with Crippen LogP contribution in [0.5, 0.6) is 23.1 Å². The Balaban J connectivity index is 1.36. The van der Waals surface area contributed by atoms with Crippen molar-refractivity contribution in [1.29, 1.82) is 0 Å². The van der Waals surface area contributed by atoms with E-state index in [1.165, 1.54) is 0 Å². The van der Waals surface area contributed by atoms with E-state index in [1.807, 2.05) is 18.2 Å². The van der Waals surface area contributed by atoms with E-state index in [2.05, 4.69) is 86.4 Å². The lowest BCUT2D eigenvalue weighted by atomic mass is 9.81. The third kappa shape index (κ3) is 4.34. The summed E-state index contributed by atoms with van der Waals surface area (Å²) in [6, 6.07) is 27.0. The predicted molar refractivity (Wildman–Crippen MR) is 158 cm³/mol. The van der Waals surface area contributed by atoms with Gasteiger partial charge in [-0.1, -0.05) is 68.4 Å². The van der Waals surface area contributed by atoms with E-state index in [0.717, 1.165) is 55.8 Å². The molecule has 7 nitrogen and oxygen atoms in total. The summed E-state index contributed by atoms with van der Waals surface area (Å²) in [4.78, 5) is 9.67. The van der Waals surface area contributed by atoms with Crippen molar-refractivity contribution < 1.29 is 14.2 Å². The van der Waals surface area contributed by atoms with Crippen LogP contribution in [0.3, 0.4) is 0 Å². The number of methoxy groups -OCH3 is 1. The van der Waals surface area contributed by atoms with Gasteiger partial charge in [-0.2, -0.15) is 0 Å². The smallest absolute Gasteiger partial charge is 0.228 e. The molecule has 204 valence electrons. The molecule has 6 aromatic rings. The van der Waals surface area contributed by atoms with Crippen molar-refractivity contribution in [3.05, 3.63) is 119 Å². The van der Waals surface area contributed by atoms with Crippen LogP contribution in [0, 0.1) is 6.92 Å². The number of rotatable bonds is 6. The highest BCUT2D eigenvalue weighted by atomic mass is 16.5. The molecule has 0 spiro atoms. The molecule has 0 saturated heterocycles. The fraction of sp³-hybridized carbons (Fsp3) is 0.206. The fourth-order valence-electron chi connectivity index (χ4n) is 5.73. The summed E-state index contributed by atoms with van der Waals surface area (Å²) in [6.07, 6.45) is 1.66. The van der Waals surface area contributed by atoms with E-state index in [1.54, 1.807) is 18.0 Å². The molecule has 0 unspecified atom stereocenters. The maximum Gasteiger partial charge on any atom is 0.228 e. The first-order valence-corrected chi connectivity index (χ1v) is 13.8. The Hall–Kier alpha value is -4.91. The van der Waals surface area contributed by atoms with Crippen LogP contribution in [0.25, 0.3) is 16.4 Å². The third-order valence-electron chi connectivity index (χ3n) is 7.74. The SMILES string of the molecule is COc1ccc([C@@H]2c3c(ccc4ccccc34)Oc3ncn4nc(COc5cc(C)ccc5C(C)C)nc4c32)cc1. The van der Waals surface area contributed by atoms with Gasteiger partial charge in [-0.3, -0.25) is 0 Å². The first-order valence-electron chi connectivity index (χ1n) is 13.8. The summed E-state index contributed by atoms with van der Waals surface area (Å²) in [5.41, 5.74) is 6.05. The first kappa shape index (κ1) is 25.1. The zero-order valence-electron chi connectivity index (χ0n) is 23.5. The first-order chi connectivity index (χ1) is 20.0. The molecule has 7 heteroatoms. The number of benzene rings is 4. The molecular formula is C34H30N4O3. The zero-order valence-corrected chi connectivity index (χ0v) is 23.5. The summed E-state index contributed by atoms with van der Waals surface area (Å²) < 4.78 is 19.9. The van der Waals surface area contributed by atoms with Gasteiger partial charge in [-0.05, 0) is 64.6 Å².